The molecule has 2 aromatic rings. The summed E-state index contributed by atoms with van der Waals surface area (Å²) in [4.78, 5) is 13.1. The van der Waals surface area contributed by atoms with Gasteiger partial charge in [0.05, 0.1) is 11.5 Å². The molecule has 2 heterocycles. The summed E-state index contributed by atoms with van der Waals surface area (Å²) in [5.41, 5.74) is 0.0698. The number of hydrogen-bond donors (Lipinski definition) is 0. The summed E-state index contributed by atoms with van der Waals surface area (Å²) >= 11 is 0. The molecule has 3 aliphatic carbocycles. The SMILES string of the molecule is Cc1nnc(CC23CC(C(=O)N4N=CCC4c4cc(F)cc(F)c4)(C2)C3)o1. The Balaban J connectivity index is 1.30. The maximum Gasteiger partial charge on any atom is 0.249 e. The van der Waals surface area contributed by atoms with Crippen molar-refractivity contribution in [1.29, 1.82) is 0 Å². The third-order valence-electron chi connectivity index (χ3n) is 6.00. The quantitative estimate of drug-likeness (QED) is 0.825. The minimum Gasteiger partial charge on any atom is -0.426 e. The molecule has 140 valence electrons. The van der Waals surface area contributed by atoms with Gasteiger partial charge in [0.25, 0.3) is 0 Å². The van der Waals surface area contributed by atoms with Gasteiger partial charge in [-0.2, -0.15) is 5.10 Å². The highest BCUT2D eigenvalue weighted by Gasteiger charge is 2.72. The van der Waals surface area contributed by atoms with Gasteiger partial charge in [0.15, 0.2) is 0 Å². The van der Waals surface area contributed by atoms with Gasteiger partial charge in [0, 0.05) is 32.0 Å². The molecule has 0 radical (unpaired) electrons. The minimum absolute atomic E-state index is 0.0541. The van der Waals surface area contributed by atoms with Gasteiger partial charge >= 0.3 is 0 Å². The van der Waals surface area contributed by atoms with E-state index in [4.69, 9.17) is 4.42 Å². The number of benzene rings is 1. The van der Waals surface area contributed by atoms with Gasteiger partial charge in [-0.25, -0.2) is 13.8 Å². The lowest BCUT2D eigenvalue weighted by atomic mass is 9.34. The Kier molecular flexibility index (Phi) is 3.33. The van der Waals surface area contributed by atoms with Crippen LogP contribution in [0.25, 0.3) is 0 Å². The summed E-state index contributed by atoms with van der Waals surface area (Å²) < 4.78 is 32.6. The van der Waals surface area contributed by atoms with Crippen molar-refractivity contribution in [2.24, 2.45) is 15.9 Å². The Hall–Kier alpha value is -2.64. The number of carbonyl (C=O) groups is 1. The predicted molar refractivity (Wildman–Crippen MR) is 90.5 cm³/mol. The van der Waals surface area contributed by atoms with E-state index in [1.54, 1.807) is 13.1 Å². The lowest BCUT2D eigenvalue weighted by Gasteiger charge is -2.69. The Labute approximate surface area is 154 Å². The highest BCUT2D eigenvalue weighted by molar-refractivity contribution is 5.88. The number of carbonyl (C=O) groups excluding carboxylic acids is 1. The van der Waals surface area contributed by atoms with E-state index in [0.717, 1.165) is 25.3 Å². The highest BCUT2D eigenvalue weighted by atomic mass is 19.1. The maximum absolute atomic E-state index is 13.6. The van der Waals surface area contributed by atoms with Gasteiger partial charge < -0.3 is 4.42 Å². The van der Waals surface area contributed by atoms with Crippen LogP contribution in [-0.4, -0.2) is 27.3 Å². The molecule has 0 N–H and O–H groups in total. The fourth-order valence-corrected chi connectivity index (χ4v) is 5.04. The molecule has 3 saturated carbocycles. The van der Waals surface area contributed by atoms with Crippen molar-refractivity contribution >= 4 is 12.1 Å². The van der Waals surface area contributed by atoms with E-state index in [0.29, 0.717) is 30.2 Å². The molecule has 0 saturated heterocycles. The molecule has 8 heteroatoms. The molecule has 1 unspecified atom stereocenters. The second-order valence-electron chi connectivity index (χ2n) is 8.10. The standard InChI is InChI=1S/C19H18F2N4O2/c1-11-23-24-16(27-11)7-18-8-19(9-18,10-18)17(26)25-15(2-3-22-25)12-4-13(20)6-14(21)5-12/h3-6,15H,2,7-10H2,1H3. The zero-order valence-corrected chi connectivity index (χ0v) is 14.8. The fourth-order valence-electron chi connectivity index (χ4n) is 5.04. The predicted octanol–water partition coefficient (Wildman–Crippen LogP) is 3.33. The van der Waals surface area contributed by atoms with Crippen LogP contribution in [0.15, 0.2) is 27.7 Å². The van der Waals surface area contributed by atoms with Crippen LogP contribution in [0.5, 0.6) is 0 Å². The van der Waals surface area contributed by atoms with Crippen LogP contribution < -0.4 is 0 Å². The first-order chi connectivity index (χ1) is 12.9. The average Bonchev–Trinajstić information content (AvgIpc) is 3.16. The van der Waals surface area contributed by atoms with Gasteiger partial charge in [-0.1, -0.05) is 0 Å². The van der Waals surface area contributed by atoms with Crippen LogP contribution in [0, 0.1) is 29.4 Å². The van der Waals surface area contributed by atoms with E-state index in [9.17, 15) is 13.6 Å². The summed E-state index contributed by atoms with van der Waals surface area (Å²) in [5.74, 6) is -0.207. The molecule has 1 amide bonds. The smallest absolute Gasteiger partial charge is 0.249 e. The monoisotopic (exact) mass is 372 g/mol. The summed E-state index contributed by atoms with van der Waals surface area (Å²) in [7, 11) is 0. The van der Waals surface area contributed by atoms with E-state index in [-0.39, 0.29) is 11.3 Å². The highest BCUT2D eigenvalue weighted by Crippen LogP contribution is 2.75. The van der Waals surface area contributed by atoms with E-state index >= 15 is 0 Å². The lowest BCUT2D eigenvalue weighted by molar-refractivity contribution is -0.218. The molecular formula is C19H18F2N4O2. The summed E-state index contributed by atoms with van der Waals surface area (Å²) in [6.07, 6.45) is 5.05. The van der Waals surface area contributed by atoms with E-state index in [1.807, 2.05) is 0 Å². The Morgan fingerprint density at radius 1 is 1.22 bits per heavy atom. The number of hydrazone groups is 1. The van der Waals surface area contributed by atoms with Gasteiger partial charge in [0.2, 0.25) is 17.7 Å². The molecule has 1 atom stereocenters. The zero-order chi connectivity index (χ0) is 18.8. The summed E-state index contributed by atoms with van der Waals surface area (Å²) in [6.45, 7) is 1.75. The molecule has 1 aliphatic heterocycles. The molecule has 27 heavy (non-hydrogen) atoms. The van der Waals surface area contributed by atoms with Crippen molar-refractivity contribution < 1.29 is 18.0 Å². The van der Waals surface area contributed by atoms with E-state index in [1.165, 1.54) is 17.1 Å². The number of halogens is 2. The van der Waals surface area contributed by atoms with Crippen molar-refractivity contribution in [2.45, 2.75) is 45.1 Å². The number of hydrogen-bond acceptors (Lipinski definition) is 5. The van der Waals surface area contributed by atoms with Crippen LogP contribution in [0.2, 0.25) is 0 Å². The second kappa shape index (κ2) is 5.43. The Bertz CT molecular complexity index is 930. The van der Waals surface area contributed by atoms with Crippen molar-refractivity contribution in [1.82, 2.24) is 15.2 Å². The van der Waals surface area contributed by atoms with Crippen molar-refractivity contribution in [3.05, 3.63) is 47.2 Å². The molecule has 2 bridgehead atoms. The largest absolute Gasteiger partial charge is 0.426 e. The summed E-state index contributed by atoms with van der Waals surface area (Å²) in [6, 6.07) is 2.91. The molecule has 0 spiro atoms. The van der Waals surface area contributed by atoms with Gasteiger partial charge in [-0.3, -0.25) is 4.79 Å². The fraction of sp³-hybridized carbons (Fsp3) is 0.474. The number of aromatic nitrogens is 2. The van der Waals surface area contributed by atoms with Crippen LogP contribution in [0.3, 0.4) is 0 Å². The normalized spacial score (nSPS) is 30.9. The third kappa shape index (κ3) is 2.49. The Morgan fingerprint density at radius 2 is 1.93 bits per heavy atom. The van der Waals surface area contributed by atoms with Gasteiger partial charge in [0.1, 0.15) is 11.6 Å². The molecule has 1 aromatic heterocycles. The molecule has 1 aromatic carbocycles. The average molecular weight is 372 g/mol. The maximum atomic E-state index is 13.6. The topological polar surface area (TPSA) is 71.6 Å². The molecule has 6 rings (SSSR count). The molecule has 4 aliphatic rings. The number of amides is 1. The minimum atomic E-state index is -0.649. The van der Waals surface area contributed by atoms with E-state index in [2.05, 4.69) is 15.3 Å². The number of rotatable bonds is 4. The van der Waals surface area contributed by atoms with Gasteiger partial charge in [-0.15, -0.1) is 10.2 Å². The van der Waals surface area contributed by atoms with Gasteiger partial charge in [-0.05, 0) is 42.4 Å². The number of aryl methyl sites for hydroxylation is 1. The molecular weight excluding hydrogens is 354 g/mol. The number of nitrogens with zero attached hydrogens (tertiary/aromatic N) is 4. The molecule has 6 nitrogen and oxygen atoms in total. The van der Waals surface area contributed by atoms with Crippen LogP contribution in [0.4, 0.5) is 8.78 Å². The van der Waals surface area contributed by atoms with E-state index < -0.39 is 23.1 Å². The first-order valence-electron chi connectivity index (χ1n) is 8.99. The lowest BCUT2D eigenvalue weighted by Crippen LogP contribution is -2.68. The Morgan fingerprint density at radius 3 is 2.56 bits per heavy atom. The van der Waals surface area contributed by atoms with Crippen LogP contribution in [0.1, 0.15) is 49.1 Å². The first-order valence-corrected chi connectivity index (χ1v) is 8.99. The third-order valence-corrected chi connectivity index (χ3v) is 6.00. The molecule has 3 fully saturated rings. The first kappa shape index (κ1) is 16.5. The van der Waals surface area contributed by atoms with Crippen LogP contribution in [-0.2, 0) is 11.2 Å². The van der Waals surface area contributed by atoms with Crippen molar-refractivity contribution in [3.8, 4) is 0 Å². The summed E-state index contributed by atoms with van der Waals surface area (Å²) in [5, 5.41) is 13.5. The van der Waals surface area contributed by atoms with Crippen LogP contribution >= 0.6 is 0 Å². The second-order valence-corrected chi connectivity index (χ2v) is 8.10. The van der Waals surface area contributed by atoms with Crippen molar-refractivity contribution in [3.63, 3.8) is 0 Å². The zero-order valence-electron chi connectivity index (χ0n) is 14.8. The van der Waals surface area contributed by atoms with Crippen molar-refractivity contribution in [2.75, 3.05) is 0 Å².